The minimum atomic E-state index is -3.55. The lowest BCUT2D eigenvalue weighted by atomic mass is 10.2. The fraction of sp³-hybridized carbons (Fsp3) is 0.357. The third-order valence-electron chi connectivity index (χ3n) is 3.53. The van der Waals surface area contributed by atoms with Crippen molar-refractivity contribution in [2.45, 2.75) is 19.1 Å². The number of nitro benzene ring substituents is 1. The molecule has 0 spiro atoms. The van der Waals surface area contributed by atoms with Gasteiger partial charge in [-0.3, -0.25) is 14.8 Å². The standard InChI is InChI=1S/C14H18N4O4S/c1-11-13(9-15-17(11)2)6-7-16-23(21,22)10-12-4-3-5-14(8-12)18(19)20/h3-5,8-9,16H,6-7,10H2,1-2H3. The van der Waals surface area contributed by atoms with E-state index in [1.165, 1.54) is 18.2 Å². The van der Waals surface area contributed by atoms with Crippen LogP contribution in [0.1, 0.15) is 16.8 Å². The maximum Gasteiger partial charge on any atom is 0.269 e. The highest BCUT2D eigenvalue weighted by atomic mass is 32.2. The predicted molar refractivity (Wildman–Crippen MR) is 85.4 cm³/mol. The lowest BCUT2D eigenvalue weighted by Gasteiger charge is -2.07. The van der Waals surface area contributed by atoms with Crippen molar-refractivity contribution in [3.63, 3.8) is 0 Å². The second kappa shape index (κ2) is 6.88. The van der Waals surface area contributed by atoms with E-state index in [-0.39, 0.29) is 18.0 Å². The number of hydrogen-bond acceptors (Lipinski definition) is 5. The van der Waals surface area contributed by atoms with Crippen LogP contribution in [0.4, 0.5) is 5.69 Å². The van der Waals surface area contributed by atoms with Gasteiger partial charge in [-0.15, -0.1) is 0 Å². The Hall–Kier alpha value is -2.26. The van der Waals surface area contributed by atoms with E-state index in [9.17, 15) is 18.5 Å². The molecule has 124 valence electrons. The van der Waals surface area contributed by atoms with Gasteiger partial charge < -0.3 is 0 Å². The molecule has 23 heavy (non-hydrogen) atoms. The van der Waals surface area contributed by atoms with Crippen molar-refractivity contribution in [1.82, 2.24) is 14.5 Å². The van der Waals surface area contributed by atoms with E-state index in [0.29, 0.717) is 12.0 Å². The number of sulfonamides is 1. The van der Waals surface area contributed by atoms with Crippen molar-refractivity contribution in [2.75, 3.05) is 6.54 Å². The third-order valence-corrected chi connectivity index (χ3v) is 4.89. The highest BCUT2D eigenvalue weighted by Gasteiger charge is 2.14. The summed E-state index contributed by atoms with van der Waals surface area (Å²) in [4.78, 5) is 10.2. The SMILES string of the molecule is Cc1c(CCNS(=O)(=O)Cc2cccc([N+](=O)[O-])c2)cnn1C. The van der Waals surface area contributed by atoms with Crippen molar-refractivity contribution in [1.29, 1.82) is 0 Å². The Morgan fingerprint density at radius 2 is 2.13 bits per heavy atom. The number of aryl methyl sites for hydroxylation is 1. The van der Waals surface area contributed by atoms with E-state index >= 15 is 0 Å². The normalized spacial score (nSPS) is 11.6. The van der Waals surface area contributed by atoms with Crippen LogP contribution in [-0.4, -0.2) is 29.7 Å². The first-order valence-corrected chi connectivity index (χ1v) is 8.62. The quantitative estimate of drug-likeness (QED) is 0.605. The zero-order chi connectivity index (χ0) is 17.0. The van der Waals surface area contributed by atoms with E-state index in [0.717, 1.165) is 11.3 Å². The second-order valence-electron chi connectivity index (χ2n) is 5.21. The van der Waals surface area contributed by atoms with Crippen molar-refractivity contribution >= 4 is 15.7 Å². The molecule has 0 aliphatic heterocycles. The van der Waals surface area contributed by atoms with E-state index in [2.05, 4.69) is 9.82 Å². The number of nitro groups is 1. The molecule has 1 aromatic heterocycles. The lowest BCUT2D eigenvalue weighted by Crippen LogP contribution is -2.27. The summed E-state index contributed by atoms with van der Waals surface area (Å²) in [5.41, 5.74) is 2.22. The van der Waals surface area contributed by atoms with E-state index in [4.69, 9.17) is 0 Å². The summed E-state index contributed by atoms with van der Waals surface area (Å²) in [7, 11) is -1.73. The van der Waals surface area contributed by atoms with Gasteiger partial charge >= 0.3 is 0 Å². The Morgan fingerprint density at radius 3 is 2.74 bits per heavy atom. The molecule has 0 radical (unpaired) electrons. The number of aromatic nitrogens is 2. The summed E-state index contributed by atoms with van der Waals surface area (Å²) in [6.07, 6.45) is 2.25. The monoisotopic (exact) mass is 338 g/mol. The number of benzene rings is 1. The van der Waals surface area contributed by atoms with Gasteiger partial charge in [0.25, 0.3) is 5.69 Å². The molecule has 1 aromatic carbocycles. The zero-order valence-corrected chi connectivity index (χ0v) is 13.7. The van der Waals surface area contributed by atoms with Gasteiger partial charge in [0.2, 0.25) is 10.0 Å². The van der Waals surface area contributed by atoms with Crippen LogP contribution in [0, 0.1) is 17.0 Å². The van der Waals surface area contributed by atoms with Gasteiger partial charge in [-0.2, -0.15) is 5.10 Å². The van der Waals surface area contributed by atoms with Gasteiger partial charge in [0.15, 0.2) is 0 Å². The van der Waals surface area contributed by atoms with Crippen molar-refractivity contribution in [3.05, 3.63) is 57.4 Å². The van der Waals surface area contributed by atoms with Crippen molar-refractivity contribution in [2.24, 2.45) is 7.05 Å². The van der Waals surface area contributed by atoms with Crippen LogP contribution in [0.5, 0.6) is 0 Å². The molecule has 1 heterocycles. The topological polar surface area (TPSA) is 107 Å². The fourth-order valence-corrected chi connectivity index (χ4v) is 3.29. The van der Waals surface area contributed by atoms with Crippen molar-refractivity contribution < 1.29 is 13.3 Å². The number of nitrogens with zero attached hydrogens (tertiary/aromatic N) is 3. The molecule has 9 heteroatoms. The zero-order valence-electron chi connectivity index (χ0n) is 12.9. The van der Waals surface area contributed by atoms with Crippen LogP contribution in [-0.2, 0) is 29.2 Å². The average molecular weight is 338 g/mol. The molecule has 0 unspecified atom stereocenters. The summed E-state index contributed by atoms with van der Waals surface area (Å²) in [6.45, 7) is 2.17. The Kier molecular flexibility index (Phi) is 5.12. The minimum Gasteiger partial charge on any atom is -0.273 e. The molecule has 0 saturated heterocycles. The van der Waals surface area contributed by atoms with Crippen LogP contribution in [0.15, 0.2) is 30.5 Å². The van der Waals surface area contributed by atoms with E-state index in [1.807, 2.05) is 14.0 Å². The van der Waals surface area contributed by atoms with Crippen LogP contribution in [0.3, 0.4) is 0 Å². The smallest absolute Gasteiger partial charge is 0.269 e. The molecule has 0 aliphatic rings. The van der Waals surface area contributed by atoms with E-state index < -0.39 is 14.9 Å². The average Bonchev–Trinajstić information content (AvgIpc) is 2.79. The van der Waals surface area contributed by atoms with Gasteiger partial charge in [0, 0.05) is 31.4 Å². The number of nitrogens with one attached hydrogen (secondary N) is 1. The Labute approximate surface area is 134 Å². The lowest BCUT2D eigenvalue weighted by molar-refractivity contribution is -0.384. The largest absolute Gasteiger partial charge is 0.273 e. The van der Waals surface area contributed by atoms with Crippen LogP contribution in [0.2, 0.25) is 0 Å². The Morgan fingerprint density at radius 1 is 1.39 bits per heavy atom. The highest BCUT2D eigenvalue weighted by molar-refractivity contribution is 7.88. The summed E-state index contributed by atoms with van der Waals surface area (Å²) in [6, 6.07) is 5.62. The molecular formula is C14H18N4O4S. The number of hydrogen-bond donors (Lipinski definition) is 1. The molecule has 1 N–H and O–H groups in total. The first-order valence-electron chi connectivity index (χ1n) is 6.96. The molecule has 0 saturated carbocycles. The summed E-state index contributed by atoms with van der Waals surface area (Å²) < 4.78 is 28.4. The molecule has 0 amide bonds. The van der Waals surface area contributed by atoms with E-state index in [1.54, 1.807) is 16.9 Å². The molecular weight excluding hydrogens is 320 g/mol. The van der Waals surface area contributed by atoms with Gasteiger partial charge in [-0.25, -0.2) is 13.1 Å². The molecule has 2 aromatic rings. The van der Waals surface area contributed by atoms with Gasteiger partial charge in [-0.05, 0) is 24.5 Å². The van der Waals surface area contributed by atoms with Crippen molar-refractivity contribution in [3.8, 4) is 0 Å². The summed E-state index contributed by atoms with van der Waals surface area (Å²) in [5, 5.41) is 14.8. The molecule has 0 aliphatic carbocycles. The maximum absolute atomic E-state index is 12.1. The Balaban J connectivity index is 1.95. The number of rotatable bonds is 7. The Bertz CT molecular complexity index is 814. The molecule has 0 fully saturated rings. The summed E-state index contributed by atoms with van der Waals surface area (Å²) in [5.74, 6) is -0.291. The van der Waals surface area contributed by atoms with Crippen LogP contribution < -0.4 is 4.72 Å². The second-order valence-corrected chi connectivity index (χ2v) is 7.02. The highest BCUT2D eigenvalue weighted by Crippen LogP contribution is 2.15. The van der Waals surface area contributed by atoms with Gasteiger partial charge in [-0.1, -0.05) is 12.1 Å². The first-order chi connectivity index (χ1) is 10.8. The molecule has 8 nitrogen and oxygen atoms in total. The minimum absolute atomic E-state index is 0.122. The molecule has 2 rings (SSSR count). The van der Waals surface area contributed by atoms with Gasteiger partial charge in [0.1, 0.15) is 0 Å². The maximum atomic E-state index is 12.1. The third kappa shape index (κ3) is 4.60. The summed E-state index contributed by atoms with van der Waals surface area (Å²) >= 11 is 0. The first kappa shape index (κ1) is 17.1. The number of non-ortho nitro benzene ring substituents is 1. The van der Waals surface area contributed by atoms with Crippen LogP contribution in [0.25, 0.3) is 0 Å². The molecule has 0 atom stereocenters. The molecule has 0 bridgehead atoms. The predicted octanol–water partition coefficient (Wildman–Crippen LogP) is 1.30. The van der Waals surface area contributed by atoms with Crippen LogP contribution >= 0.6 is 0 Å². The fourth-order valence-electron chi connectivity index (χ4n) is 2.16. The van der Waals surface area contributed by atoms with Gasteiger partial charge in [0.05, 0.1) is 16.9 Å².